The summed E-state index contributed by atoms with van der Waals surface area (Å²) in [6.45, 7) is 6.75. The number of aromatic nitrogens is 2. The monoisotopic (exact) mass is 271 g/mol. The number of rotatable bonds is 7. The van der Waals surface area contributed by atoms with Crippen LogP contribution in [0, 0.1) is 5.92 Å². The Bertz CT molecular complexity index is 371. The molecule has 0 amide bonds. The van der Waals surface area contributed by atoms with E-state index in [1.54, 1.807) is 0 Å². The third-order valence-electron chi connectivity index (χ3n) is 2.64. The summed E-state index contributed by atoms with van der Waals surface area (Å²) in [4.78, 5) is 8.18. The molecule has 1 rings (SSSR count). The van der Waals surface area contributed by atoms with Crippen LogP contribution in [0.3, 0.4) is 0 Å². The van der Waals surface area contributed by atoms with Crippen molar-refractivity contribution < 1.29 is 5.11 Å². The molecular formula is C13H22ClN3O. The van der Waals surface area contributed by atoms with Crippen LogP contribution in [0.25, 0.3) is 0 Å². The first-order chi connectivity index (χ1) is 8.54. The molecule has 0 spiro atoms. The number of hydrogen-bond donors (Lipinski definition) is 2. The molecule has 0 radical (unpaired) electrons. The molecule has 0 aliphatic heterocycles. The smallest absolute Gasteiger partial charge is 0.137 e. The first kappa shape index (κ1) is 15.2. The molecule has 1 heterocycles. The lowest BCUT2D eigenvalue weighted by molar-refractivity contribution is 0.161. The molecule has 18 heavy (non-hydrogen) atoms. The van der Waals surface area contributed by atoms with E-state index in [2.05, 4.69) is 36.1 Å². The van der Waals surface area contributed by atoms with Gasteiger partial charge in [0.15, 0.2) is 0 Å². The SMILES string of the molecule is CCCc1c(Cl)ncnc1NCC(O)CC(C)C. The Hall–Kier alpha value is -0.870. The molecule has 0 saturated heterocycles. The molecule has 102 valence electrons. The average Bonchev–Trinajstić information content (AvgIpc) is 2.29. The van der Waals surface area contributed by atoms with Gasteiger partial charge in [-0.2, -0.15) is 0 Å². The summed E-state index contributed by atoms with van der Waals surface area (Å²) in [5.41, 5.74) is 0.929. The summed E-state index contributed by atoms with van der Waals surface area (Å²) in [7, 11) is 0. The minimum Gasteiger partial charge on any atom is -0.391 e. The molecule has 0 fully saturated rings. The van der Waals surface area contributed by atoms with E-state index in [-0.39, 0.29) is 6.10 Å². The van der Waals surface area contributed by atoms with E-state index in [1.165, 1.54) is 6.33 Å². The normalized spacial score (nSPS) is 12.8. The second-order valence-electron chi connectivity index (χ2n) is 4.91. The quantitative estimate of drug-likeness (QED) is 0.749. The van der Waals surface area contributed by atoms with Crippen molar-refractivity contribution in [3.05, 3.63) is 17.0 Å². The Morgan fingerprint density at radius 2 is 2.11 bits per heavy atom. The summed E-state index contributed by atoms with van der Waals surface area (Å²) in [6.07, 6.45) is 3.67. The first-order valence-electron chi connectivity index (χ1n) is 6.45. The molecule has 1 atom stereocenters. The molecule has 4 nitrogen and oxygen atoms in total. The zero-order chi connectivity index (χ0) is 13.5. The summed E-state index contributed by atoms with van der Waals surface area (Å²) in [6, 6.07) is 0. The fourth-order valence-electron chi connectivity index (χ4n) is 1.86. The molecule has 1 unspecified atom stereocenters. The number of halogens is 1. The van der Waals surface area contributed by atoms with E-state index >= 15 is 0 Å². The number of nitrogens with one attached hydrogen (secondary N) is 1. The third-order valence-corrected chi connectivity index (χ3v) is 2.97. The van der Waals surface area contributed by atoms with Gasteiger partial charge in [-0.3, -0.25) is 0 Å². The fourth-order valence-corrected chi connectivity index (χ4v) is 2.08. The van der Waals surface area contributed by atoms with Crippen LogP contribution in [0.2, 0.25) is 5.15 Å². The van der Waals surface area contributed by atoms with Crippen LogP contribution < -0.4 is 5.32 Å². The van der Waals surface area contributed by atoms with Gasteiger partial charge < -0.3 is 10.4 Å². The maximum atomic E-state index is 9.83. The predicted octanol–water partition coefficient (Wildman–Crippen LogP) is 2.90. The Morgan fingerprint density at radius 3 is 2.72 bits per heavy atom. The van der Waals surface area contributed by atoms with Crippen LogP contribution in [0.4, 0.5) is 5.82 Å². The molecule has 2 N–H and O–H groups in total. The number of nitrogens with zero attached hydrogens (tertiary/aromatic N) is 2. The van der Waals surface area contributed by atoms with Crippen LogP contribution in [0.5, 0.6) is 0 Å². The van der Waals surface area contributed by atoms with Gasteiger partial charge in [0.05, 0.1) is 6.10 Å². The maximum Gasteiger partial charge on any atom is 0.137 e. The van der Waals surface area contributed by atoms with Gasteiger partial charge in [0.2, 0.25) is 0 Å². The van der Waals surface area contributed by atoms with Crippen molar-refractivity contribution in [3.63, 3.8) is 0 Å². The second kappa shape index (κ2) is 7.54. The Labute approximate surface area is 114 Å². The second-order valence-corrected chi connectivity index (χ2v) is 5.26. The highest BCUT2D eigenvalue weighted by Crippen LogP contribution is 2.21. The summed E-state index contributed by atoms with van der Waals surface area (Å²) in [5.74, 6) is 1.21. The first-order valence-corrected chi connectivity index (χ1v) is 6.83. The zero-order valence-corrected chi connectivity index (χ0v) is 12.0. The zero-order valence-electron chi connectivity index (χ0n) is 11.3. The highest BCUT2D eigenvalue weighted by Gasteiger charge is 2.11. The lowest BCUT2D eigenvalue weighted by Crippen LogP contribution is -2.22. The van der Waals surface area contributed by atoms with E-state index in [0.29, 0.717) is 17.6 Å². The molecule has 5 heteroatoms. The van der Waals surface area contributed by atoms with Crippen molar-refractivity contribution >= 4 is 17.4 Å². The van der Waals surface area contributed by atoms with Gasteiger partial charge in [-0.25, -0.2) is 9.97 Å². The van der Waals surface area contributed by atoms with E-state index in [4.69, 9.17) is 11.6 Å². The number of aliphatic hydroxyl groups excluding tert-OH is 1. The van der Waals surface area contributed by atoms with Gasteiger partial charge in [0.1, 0.15) is 17.3 Å². The van der Waals surface area contributed by atoms with Crippen molar-refractivity contribution in [2.75, 3.05) is 11.9 Å². The Morgan fingerprint density at radius 1 is 1.39 bits per heavy atom. The molecule has 1 aromatic rings. The highest BCUT2D eigenvalue weighted by atomic mass is 35.5. The Balaban J connectivity index is 2.63. The van der Waals surface area contributed by atoms with Crippen LogP contribution in [-0.2, 0) is 6.42 Å². The maximum absolute atomic E-state index is 9.83. The molecule has 0 bridgehead atoms. The minimum absolute atomic E-state index is 0.367. The van der Waals surface area contributed by atoms with Crippen molar-refractivity contribution in [2.45, 2.75) is 46.1 Å². The lowest BCUT2D eigenvalue weighted by atomic mass is 10.1. The third kappa shape index (κ3) is 4.78. The van der Waals surface area contributed by atoms with Crippen LogP contribution in [0.1, 0.15) is 39.2 Å². The molecular weight excluding hydrogens is 250 g/mol. The topological polar surface area (TPSA) is 58.0 Å². The summed E-state index contributed by atoms with van der Waals surface area (Å²) in [5, 5.41) is 13.5. The molecule has 1 aromatic heterocycles. The van der Waals surface area contributed by atoms with Crippen molar-refractivity contribution in [1.82, 2.24) is 9.97 Å². The summed E-state index contributed by atoms with van der Waals surface area (Å²) >= 11 is 6.05. The van der Waals surface area contributed by atoms with E-state index in [0.717, 1.165) is 30.6 Å². The van der Waals surface area contributed by atoms with Gasteiger partial charge in [0.25, 0.3) is 0 Å². The van der Waals surface area contributed by atoms with E-state index in [9.17, 15) is 5.11 Å². The van der Waals surface area contributed by atoms with Crippen LogP contribution in [0.15, 0.2) is 6.33 Å². The molecule has 0 saturated carbocycles. The van der Waals surface area contributed by atoms with Gasteiger partial charge in [-0.1, -0.05) is 38.8 Å². The number of anilines is 1. The molecule has 0 aliphatic rings. The van der Waals surface area contributed by atoms with Crippen LogP contribution >= 0.6 is 11.6 Å². The van der Waals surface area contributed by atoms with Crippen molar-refractivity contribution in [2.24, 2.45) is 5.92 Å². The molecule has 0 aromatic carbocycles. The van der Waals surface area contributed by atoms with Crippen molar-refractivity contribution in [3.8, 4) is 0 Å². The number of hydrogen-bond acceptors (Lipinski definition) is 4. The van der Waals surface area contributed by atoms with Gasteiger partial charge in [-0.15, -0.1) is 0 Å². The standard InChI is InChI=1S/C13H22ClN3O/c1-4-5-11-12(14)16-8-17-13(11)15-7-10(18)6-9(2)3/h8-10,18H,4-7H2,1-3H3,(H,15,16,17). The fraction of sp³-hybridized carbons (Fsp3) is 0.692. The van der Waals surface area contributed by atoms with Gasteiger partial charge in [-0.05, 0) is 18.8 Å². The average molecular weight is 272 g/mol. The number of aliphatic hydroxyl groups is 1. The van der Waals surface area contributed by atoms with E-state index < -0.39 is 0 Å². The largest absolute Gasteiger partial charge is 0.391 e. The lowest BCUT2D eigenvalue weighted by Gasteiger charge is -2.16. The Kier molecular flexibility index (Phi) is 6.36. The van der Waals surface area contributed by atoms with Crippen molar-refractivity contribution in [1.29, 1.82) is 0 Å². The molecule has 0 aliphatic carbocycles. The van der Waals surface area contributed by atoms with E-state index in [1.807, 2.05) is 0 Å². The van der Waals surface area contributed by atoms with Crippen LogP contribution in [-0.4, -0.2) is 27.7 Å². The summed E-state index contributed by atoms with van der Waals surface area (Å²) < 4.78 is 0. The highest BCUT2D eigenvalue weighted by molar-refractivity contribution is 6.30. The minimum atomic E-state index is -0.367. The van der Waals surface area contributed by atoms with Gasteiger partial charge in [0, 0.05) is 12.1 Å². The predicted molar refractivity (Wildman–Crippen MR) is 75.0 cm³/mol. The van der Waals surface area contributed by atoms with Gasteiger partial charge >= 0.3 is 0 Å².